The molecule has 1 aliphatic heterocycles. The van der Waals surface area contributed by atoms with Crippen LogP contribution in [0.4, 0.5) is 0 Å². The molecule has 34 heavy (non-hydrogen) atoms. The third-order valence-electron chi connectivity index (χ3n) is 5.89. The maximum atomic E-state index is 13.2. The van der Waals surface area contributed by atoms with E-state index < -0.39 is 17.7 Å². The highest BCUT2D eigenvalue weighted by molar-refractivity contribution is 6.46. The van der Waals surface area contributed by atoms with Crippen molar-refractivity contribution in [3.05, 3.63) is 89.5 Å². The van der Waals surface area contributed by atoms with Gasteiger partial charge in [-0.25, -0.2) is 4.98 Å². The molecule has 176 valence electrons. The van der Waals surface area contributed by atoms with Crippen LogP contribution in [0.3, 0.4) is 0 Å². The quantitative estimate of drug-likeness (QED) is 0.289. The number of hydrogen-bond acceptors (Lipinski definition) is 5. The number of imidazole rings is 1. The second kappa shape index (κ2) is 10.4. The van der Waals surface area contributed by atoms with Gasteiger partial charge in [0, 0.05) is 31.0 Å². The van der Waals surface area contributed by atoms with Crippen LogP contribution in [0.2, 0.25) is 0 Å². The average Bonchev–Trinajstić information content (AvgIpc) is 3.45. The van der Waals surface area contributed by atoms with E-state index in [9.17, 15) is 14.7 Å². The van der Waals surface area contributed by atoms with Crippen LogP contribution in [-0.2, 0) is 16.1 Å². The molecular weight excluding hydrogens is 430 g/mol. The van der Waals surface area contributed by atoms with Gasteiger partial charge in [-0.15, -0.1) is 0 Å². The molecule has 0 aliphatic carbocycles. The molecule has 1 aliphatic rings. The van der Waals surface area contributed by atoms with Crippen LogP contribution in [-0.4, -0.2) is 44.4 Å². The van der Waals surface area contributed by atoms with E-state index in [4.69, 9.17) is 4.74 Å². The van der Waals surface area contributed by atoms with Crippen molar-refractivity contribution < 1.29 is 19.4 Å². The fourth-order valence-corrected chi connectivity index (χ4v) is 4.16. The van der Waals surface area contributed by atoms with Gasteiger partial charge in [0.2, 0.25) is 0 Å². The van der Waals surface area contributed by atoms with Gasteiger partial charge in [0.15, 0.2) is 0 Å². The molecular formula is C27H29N3O4. The summed E-state index contributed by atoms with van der Waals surface area (Å²) in [5.41, 5.74) is 2.37. The molecule has 3 aromatic rings. The molecule has 0 saturated carbocycles. The predicted molar refractivity (Wildman–Crippen MR) is 129 cm³/mol. The lowest BCUT2D eigenvalue weighted by Crippen LogP contribution is -2.31. The summed E-state index contributed by atoms with van der Waals surface area (Å²) >= 11 is 0. The largest absolute Gasteiger partial charge is 0.507 e. The number of aliphatic hydroxyl groups excluding tert-OH is 1. The predicted octanol–water partition coefficient (Wildman–Crippen LogP) is 4.49. The van der Waals surface area contributed by atoms with Crippen molar-refractivity contribution in [3.63, 3.8) is 0 Å². The first-order chi connectivity index (χ1) is 16.5. The third kappa shape index (κ3) is 4.88. The van der Waals surface area contributed by atoms with E-state index in [1.165, 1.54) is 0 Å². The molecule has 1 atom stereocenters. The summed E-state index contributed by atoms with van der Waals surface area (Å²) < 4.78 is 7.72. The smallest absolute Gasteiger partial charge is 0.295 e. The lowest BCUT2D eigenvalue weighted by molar-refractivity contribution is -0.139. The monoisotopic (exact) mass is 459 g/mol. The maximum Gasteiger partial charge on any atom is 0.295 e. The number of amides is 1. The van der Waals surface area contributed by atoms with E-state index >= 15 is 0 Å². The number of aliphatic hydroxyl groups is 1. The zero-order valence-electron chi connectivity index (χ0n) is 19.5. The van der Waals surface area contributed by atoms with Gasteiger partial charge in [-0.1, -0.05) is 48.9 Å². The molecule has 1 amide bonds. The number of nitrogens with zero attached hydrogens (tertiary/aromatic N) is 3. The molecule has 1 aromatic heterocycles. The highest BCUT2D eigenvalue weighted by atomic mass is 16.5. The Kier molecular flexibility index (Phi) is 7.11. The summed E-state index contributed by atoms with van der Waals surface area (Å²) in [5.74, 6) is -0.784. The van der Waals surface area contributed by atoms with Gasteiger partial charge < -0.3 is 19.3 Å². The minimum Gasteiger partial charge on any atom is -0.507 e. The van der Waals surface area contributed by atoms with Crippen molar-refractivity contribution >= 4 is 17.4 Å². The second-order valence-corrected chi connectivity index (χ2v) is 8.43. The van der Waals surface area contributed by atoms with E-state index in [0.717, 1.165) is 17.5 Å². The highest BCUT2D eigenvalue weighted by Gasteiger charge is 2.45. The minimum absolute atomic E-state index is 0.101. The van der Waals surface area contributed by atoms with Gasteiger partial charge in [-0.3, -0.25) is 9.59 Å². The molecule has 7 heteroatoms. The van der Waals surface area contributed by atoms with Crippen LogP contribution in [0.25, 0.3) is 5.76 Å². The van der Waals surface area contributed by atoms with Gasteiger partial charge in [-0.2, -0.15) is 0 Å². The summed E-state index contributed by atoms with van der Waals surface area (Å²) in [5, 5.41) is 11.2. The van der Waals surface area contributed by atoms with Gasteiger partial charge in [-0.05, 0) is 37.5 Å². The van der Waals surface area contributed by atoms with Gasteiger partial charge >= 0.3 is 0 Å². The first-order valence-electron chi connectivity index (χ1n) is 11.5. The minimum atomic E-state index is -0.700. The first-order valence-corrected chi connectivity index (χ1v) is 11.5. The molecule has 1 unspecified atom stereocenters. The van der Waals surface area contributed by atoms with Crippen molar-refractivity contribution in [3.8, 4) is 5.75 Å². The number of ketones is 1. The number of aromatic nitrogens is 2. The van der Waals surface area contributed by atoms with E-state index in [1.807, 2.05) is 61.0 Å². The molecule has 4 rings (SSSR count). The third-order valence-corrected chi connectivity index (χ3v) is 5.89. The molecule has 7 nitrogen and oxygen atoms in total. The molecule has 0 spiro atoms. The number of carbonyl (C=O) groups is 2. The Morgan fingerprint density at radius 1 is 1.12 bits per heavy atom. The Morgan fingerprint density at radius 2 is 1.91 bits per heavy atom. The lowest BCUT2D eigenvalue weighted by atomic mass is 9.95. The average molecular weight is 460 g/mol. The zero-order chi connectivity index (χ0) is 24.1. The lowest BCUT2D eigenvalue weighted by Gasteiger charge is -2.26. The topological polar surface area (TPSA) is 84.7 Å². The van der Waals surface area contributed by atoms with E-state index in [2.05, 4.69) is 4.98 Å². The number of carbonyl (C=O) groups excluding carboxylic acids is 2. The molecule has 1 fully saturated rings. The fourth-order valence-electron chi connectivity index (χ4n) is 4.16. The number of benzene rings is 2. The number of hydrogen-bond donors (Lipinski definition) is 1. The van der Waals surface area contributed by atoms with Crippen LogP contribution in [0.15, 0.2) is 72.8 Å². The summed E-state index contributed by atoms with van der Waals surface area (Å²) in [6.45, 7) is 5.56. The van der Waals surface area contributed by atoms with E-state index in [1.54, 1.807) is 29.6 Å². The van der Waals surface area contributed by atoms with Gasteiger partial charge in [0.1, 0.15) is 11.5 Å². The molecule has 2 aromatic carbocycles. The van der Waals surface area contributed by atoms with Crippen LogP contribution >= 0.6 is 0 Å². The standard InChI is InChI=1S/C27H29N3O4/c1-3-16-34-22-7-4-6-21(17-22)24-23(25(31)20-10-8-19(2)9-11-20)26(32)27(33)30(24)14-5-13-29-15-12-28-18-29/h4,6-12,15,17-18,24,31H,3,5,13-14,16H2,1-2H3/b25-23+. The Hall–Kier alpha value is -3.87. The van der Waals surface area contributed by atoms with Crippen molar-refractivity contribution in [2.24, 2.45) is 0 Å². The maximum absolute atomic E-state index is 13.2. The molecule has 1 saturated heterocycles. The zero-order valence-corrected chi connectivity index (χ0v) is 19.5. The Bertz CT molecular complexity index is 1180. The number of likely N-dealkylation sites (tertiary alicyclic amines) is 1. The van der Waals surface area contributed by atoms with Crippen molar-refractivity contribution in [2.45, 2.75) is 39.3 Å². The highest BCUT2D eigenvalue weighted by Crippen LogP contribution is 2.40. The van der Waals surface area contributed by atoms with Crippen molar-refractivity contribution in [1.82, 2.24) is 14.5 Å². The Morgan fingerprint density at radius 3 is 2.62 bits per heavy atom. The van der Waals surface area contributed by atoms with Crippen molar-refractivity contribution in [2.75, 3.05) is 13.2 Å². The molecule has 1 N–H and O–H groups in total. The summed E-state index contributed by atoms with van der Waals surface area (Å²) in [4.78, 5) is 31.9. The van der Waals surface area contributed by atoms with Crippen molar-refractivity contribution in [1.29, 1.82) is 0 Å². The Labute approximate surface area is 199 Å². The normalized spacial score (nSPS) is 17.4. The first kappa shape index (κ1) is 23.3. The van der Waals surface area contributed by atoms with E-state index in [0.29, 0.717) is 37.4 Å². The number of ether oxygens (including phenoxy) is 1. The van der Waals surface area contributed by atoms with Crippen LogP contribution < -0.4 is 4.74 Å². The van der Waals surface area contributed by atoms with Gasteiger partial charge in [0.25, 0.3) is 11.7 Å². The van der Waals surface area contributed by atoms with Crippen LogP contribution in [0, 0.1) is 6.92 Å². The van der Waals surface area contributed by atoms with Gasteiger partial charge in [0.05, 0.1) is 24.5 Å². The number of aryl methyl sites for hydroxylation is 2. The molecule has 0 bridgehead atoms. The summed E-state index contributed by atoms with van der Waals surface area (Å²) in [6.07, 6.45) is 6.78. The molecule has 2 heterocycles. The Balaban J connectivity index is 1.73. The summed E-state index contributed by atoms with van der Waals surface area (Å²) in [7, 11) is 0. The molecule has 0 radical (unpaired) electrons. The SMILES string of the molecule is CCCOc1cccc(C2/C(=C(\O)c3ccc(C)cc3)C(=O)C(=O)N2CCCn2ccnc2)c1. The van der Waals surface area contributed by atoms with E-state index in [-0.39, 0.29) is 11.3 Å². The number of rotatable bonds is 9. The number of Topliss-reactive ketones (excluding diaryl/α,β-unsaturated/α-hetero) is 1. The van der Waals surface area contributed by atoms with Crippen LogP contribution in [0.5, 0.6) is 5.75 Å². The van der Waals surface area contributed by atoms with Crippen LogP contribution in [0.1, 0.15) is 42.5 Å². The summed E-state index contributed by atoms with van der Waals surface area (Å²) in [6, 6.07) is 14.0. The fraction of sp³-hybridized carbons (Fsp3) is 0.296. The second-order valence-electron chi connectivity index (χ2n) is 8.43.